The Morgan fingerprint density at radius 1 is 1.20 bits per heavy atom. The molecule has 3 N–H and O–H groups in total. The Kier molecular flexibility index (Phi) is 5.56. The number of guanidine groups is 1. The Morgan fingerprint density at radius 2 is 1.96 bits per heavy atom. The van der Waals surface area contributed by atoms with Gasteiger partial charge in [-0.2, -0.15) is 0 Å². The van der Waals surface area contributed by atoms with E-state index in [4.69, 9.17) is 11.6 Å². The van der Waals surface area contributed by atoms with Crippen molar-refractivity contribution in [3.8, 4) is 0 Å². The van der Waals surface area contributed by atoms with E-state index in [1.54, 1.807) is 7.05 Å². The molecule has 0 saturated carbocycles. The van der Waals surface area contributed by atoms with E-state index in [-0.39, 0.29) is 11.8 Å². The van der Waals surface area contributed by atoms with E-state index >= 15 is 0 Å². The molecule has 1 aliphatic rings. The molecule has 2 aromatic rings. The minimum absolute atomic E-state index is 0.0458. The van der Waals surface area contributed by atoms with Crippen molar-refractivity contribution in [2.45, 2.75) is 18.9 Å². The van der Waals surface area contributed by atoms with Crippen molar-refractivity contribution in [3.63, 3.8) is 0 Å². The normalized spacial score (nSPS) is 16.8. The van der Waals surface area contributed by atoms with Crippen LogP contribution >= 0.6 is 11.6 Å². The molecule has 1 unspecified atom stereocenters. The first-order chi connectivity index (χ1) is 12.2. The lowest BCUT2D eigenvalue weighted by atomic mass is 9.90. The predicted molar refractivity (Wildman–Crippen MR) is 102 cm³/mol. The number of halogens is 1. The summed E-state index contributed by atoms with van der Waals surface area (Å²) in [5.41, 5.74) is 3.05. The molecule has 1 aliphatic heterocycles. The van der Waals surface area contributed by atoms with Gasteiger partial charge >= 0.3 is 0 Å². The van der Waals surface area contributed by atoms with Crippen LogP contribution in [0.4, 0.5) is 5.69 Å². The van der Waals surface area contributed by atoms with Crippen LogP contribution in [0.2, 0.25) is 5.02 Å². The van der Waals surface area contributed by atoms with Crippen molar-refractivity contribution in [3.05, 3.63) is 64.7 Å². The predicted octanol–water partition coefficient (Wildman–Crippen LogP) is 3.13. The summed E-state index contributed by atoms with van der Waals surface area (Å²) < 4.78 is 0. The van der Waals surface area contributed by atoms with Crippen LogP contribution in [0.15, 0.2) is 53.5 Å². The van der Waals surface area contributed by atoms with Crippen molar-refractivity contribution >= 4 is 29.2 Å². The van der Waals surface area contributed by atoms with Gasteiger partial charge in [0, 0.05) is 43.2 Å². The highest BCUT2D eigenvalue weighted by atomic mass is 35.5. The molecule has 0 bridgehead atoms. The second-order valence-electron chi connectivity index (χ2n) is 5.93. The Hall–Kier alpha value is -2.53. The third kappa shape index (κ3) is 4.31. The third-order valence-corrected chi connectivity index (χ3v) is 4.62. The number of hydrogen-bond acceptors (Lipinski definition) is 2. The van der Waals surface area contributed by atoms with Gasteiger partial charge in [0.1, 0.15) is 0 Å². The highest BCUT2D eigenvalue weighted by Gasteiger charge is 2.24. The molecule has 130 valence electrons. The molecular weight excluding hydrogens is 336 g/mol. The summed E-state index contributed by atoms with van der Waals surface area (Å²) in [6, 6.07) is 15.6. The van der Waals surface area contributed by atoms with Gasteiger partial charge in [0.05, 0.1) is 0 Å². The summed E-state index contributed by atoms with van der Waals surface area (Å²) in [6.07, 6.45) is 0.464. The molecule has 0 saturated heterocycles. The molecule has 5 nitrogen and oxygen atoms in total. The SMILES string of the molecule is CN=C(NCc1ccccc1Cl)NCC1CC(=O)Nc2ccccc21. The first kappa shape index (κ1) is 17.3. The lowest BCUT2D eigenvalue weighted by Gasteiger charge is -2.26. The monoisotopic (exact) mass is 356 g/mol. The molecule has 0 radical (unpaired) electrons. The van der Waals surface area contributed by atoms with Crippen molar-refractivity contribution in [2.24, 2.45) is 4.99 Å². The van der Waals surface area contributed by atoms with Crippen LogP contribution < -0.4 is 16.0 Å². The summed E-state index contributed by atoms with van der Waals surface area (Å²) in [7, 11) is 1.73. The maximum atomic E-state index is 11.9. The zero-order valence-corrected chi connectivity index (χ0v) is 14.8. The van der Waals surface area contributed by atoms with Crippen LogP contribution in [0.25, 0.3) is 0 Å². The van der Waals surface area contributed by atoms with Crippen LogP contribution in [0.1, 0.15) is 23.5 Å². The fraction of sp³-hybridized carbons (Fsp3) is 0.263. The molecular formula is C19H21ClN4O. The minimum atomic E-state index is 0.0458. The molecule has 1 atom stereocenters. The number of anilines is 1. The average molecular weight is 357 g/mol. The van der Waals surface area contributed by atoms with Crippen LogP contribution in [0, 0.1) is 0 Å². The molecule has 3 rings (SSSR count). The standard InChI is InChI=1S/C19H21ClN4O/c1-21-19(22-11-13-6-2-4-8-16(13)20)23-12-14-10-18(25)24-17-9-5-3-7-15(14)17/h2-9,14H,10-12H2,1H3,(H,24,25)(H2,21,22,23). The number of nitrogens with zero attached hydrogens (tertiary/aromatic N) is 1. The molecule has 6 heteroatoms. The van der Waals surface area contributed by atoms with Gasteiger partial charge in [-0.1, -0.05) is 48.0 Å². The van der Waals surface area contributed by atoms with Crippen LogP contribution in [-0.4, -0.2) is 25.5 Å². The Bertz CT molecular complexity index is 790. The topological polar surface area (TPSA) is 65.5 Å². The number of para-hydroxylation sites is 1. The van der Waals surface area contributed by atoms with Gasteiger partial charge < -0.3 is 16.0 Å². The van der Waals surface area contributed by atoms with E-state index in [0.29, 0.717) is 25.5 Å². The van der Waals surface area contributed by atoms with Crippen molar-refractivity contribution in [2.75, 3.05) is 18.9 Å². The van der Waals surface area contributed by atoms with Crippen molar-refractivity contribution in [1.29, 1.82) is 0 Å². The Labute approximate surface area is 152 Å². The Balaban J connectivity index is 1.60. The number of carbonyl (C=O) groups excluding carboxylic acids is 1. The van der Waals surface area contributed by atoms with Gasteiger partial charge in [0.15, 0.2) is 5.96 Å². The number of fused-ring (bicyclic) bond motifs is 1. The van der Waals surface area contributed by atoms with E-state index in [9.17, 15) is 4.79 Å². The largest absolute Gasteiger partial charge is 0.356 e. The number of nitrogens with one attached hydrogen (secondary N) is 3. The molecule has 1 amide bonds. The van der Waals surface area contributed by atoms with Crippen LogP contribution in [-0.2, 0) is 11.3 Å². The van der Waals surface area contributed by atoms with Gasteiger partial charge in [0.2, 0.25) is 5.91 Å². The van der Waals surface area contributed by atoms with Gasteiger partial charge in [-0.25, -0.2) is 0 Å². The quantitative estimate of drug-likeness (QED) is 0.582. The fourth-order valence-electron chi connectivity index (χ4n) is 2.95. The van der Waals surface area contributed by atoms with Gasteiger partial charge in [0.25, 0.3) is 0 Å². The molecule has 2 aromatic carbocycles. The van der Waals surface area contributed by atoms with E-state index in [0.717, 1.165) is 21.8 Å². The van der Waals surface area contributed by atoms with E-state index in [2.05, 4.69) is 27.0 Å². The maximum absolute atomic E-state index is 11.9. The number of benzene rings is 2. The molecule has 25 heavy (non-hydrogen) atoms. The number of hydrogen-bond donors (Lipinski definition) is 3. The van der Waals surface area contributed by atoms with E-state index in [1.165, 1.54) is 0 Å². The fourth-order valence-corrected chi connectivity index (χ4v) is 3.15. The van der Waals surface area contributed by atoms with Crippen LogP contribution in [0.5, 0.6) is 0 Å². The molecule has 0 aromatic heterocycles. The first-order valence-corrected chi connectivity index (χ1v) is 8.62. The average Bonchev–Trinajstić information content (AvgIpc) is 2.62. The summed E-state index contributed by atoms with van der Waals surface area (Å²) in [5, 5.41) is 10.2. The molecule has 0 spiro atoms. The Morgan fingerprint density at radius 3 is 2.76 bits per heavy atom. The lowest BCUT2D eigenvalue weighted by molar-refractivity contribution is -0.116. The summed E-state index contributed by atoms with van der Waals surface area (Å²) in [6.45, 7) is 1.22. The zero-order chi connectivity index (χ0) is 17.6. The maximum Gasteiger partial charge on any atom is 0.225 e. The molecule has 0 fully saturated rings. The third-order valence-electron chi connectivity index (χ3n) is 4.25. The van der Waals surface area contributed by atoms with Gasteiger partial charge in [-0.3, -0.25) is 9.79 Å². The van der Waals surface area contributed by atoms with Crippen molar-refractivity contribution in [1.82, 2.24) is 10.6 Å². The number of rotatable bonds is 4. The highest BCUT2D eigenvalue weighted by Crippen LogP contribution is 2.31. The second kappa shape index (κ2) is 8.03. The lowest BCUT2D eigenvalue weighted by Crippen LogP contribution is -2.40. The van der Waals surface area contributed by atoms with E-state index in [1.807, 2.05) is 42.5 Å². The van der Waals surface area contributed by atoms with E-state index < -0.39 is 0 Å². The number of carbonyl (C=O) groups is 1. The second-order valence-corrected chi connectivity index (χ2v) is 6.34. The summed E-state index contributed by atoms with van der Waals surface area (Å²) in [4.78, 5) is 16.1. The first-order valence-electron chi connectivity index (χ1n) is 8.24. The molecule has 1 heterocycles. The zero-order valence-electron chi connectivity index (χ0n) is 14.1. The smallest absolute Gasteiger partial charge is 0.225 e. The number of aliphatic imine (C=N–C) groups is 1. The molecule has 0 aliphatic carbocycles. The van der Waals surface area contributed by atoms with Gasteiger partial charge in [-0.05, 0) is 23.3 Å². The van der Waals surface area contributed by atoms with Crippen LogP contribution in [0.3, 0.4) is 0 Å². The minimum Gasteiger partial charge on any atom is -0.356 e. The highest BCUT2D eigenvalue weighted by molar-refractivity contribution is 6.31. The number of amides is 1. The van der Waals surface area contributed by atoms with Crippen molar-refractivity contribution < 1.29 is 4.79 Å². The summed E-state index contributed by atoms with van der Waals surface area (Å²) >= 11 is 6.18. The summed E-state index contributed by atoms with van der Waals surface area (Å²) in [5.74, 6) is 0.844. The van der Waals surface area contributed by atoms with Gasteiger partial charge in [-0.15, -0.1) is 0 Å².